The molecule has 3 aromatic heterocycles. The Hall–Kier alpha value is -2.15. The fourth-order valence-electron chi connectivity index (χ4n) is 3.61. The SMILES string of the molecule is Cc1nn(C)c2sc(C(=O)N3CCCC(n4ccnc4C)C3)cc12. The Bertz CT molecular complexity index is 871. The molecule has 0 saturated carbocycles. The number of aryl methyl sites for hydroxylation is 3. The van der Waals surface area contributed by atoms with Gasteiger partial charge in [-0.3, -0.25) is 9.48 Å². The number of fused-ring (bicyclic) bond motifs is 1. The molecule has 0 spiro atoms. The van der Waals surface area contributed by atoms with Crippen LogP contribution < -0.4 is 0 Å². The molecule has 1 atom stereocenters. The summed E-state index contributed by atoms with van der Waals surface area (Å²) in [6.07, 6.45) is 5.97. The lowest BCUT2D eigenvalue weighted by Gasteiger charge is -2.33. The van der Waals surface area contributed by atoms with Gasteiger partial charge in [-0.2, -0.15) is 5.10 Å². The second kappa shape index (κ2) is 5.73. The average molecular weight is 343 g/mol. The van der Waals surface area contributed by atoms with E-state index in [4.69, 9.17) is 0 Å². The second-order valence-corrected chi connectivity index (χ2v) is 7.50. The fraction of sp³-hybridized carbons (Fsp3) is 0.471. The smallest absolute Gasteiger partial charge is 0.264 e. The monoisotopic (exact) mass is 343 g/mol. The van der Waals surface area contributed by atoms with Crippen LogP contribution in [-0.4, -0.2) is 43.2 Å². The summed E-state index contributed by atoms with van der Waals surface area (Å²) in [4.78, 5) is 21.1. The van der Waals surface area contributed by atoms with Crippen LogP contribution in [0, 0.1) is 13.8 Å². The molecule has 126 valence electrons. The standard InChI is InChI=1S/C17H21N5OS/c1-11-14-9-15(24-17(14)20(3)19-11)16(23)21-7-4-5-13(10-21)22-8-6-18-12(22)2/h6,8-9,13H,4-5,7,10H2,1-3H3. The fourth-order valence-corrected chi connectivity index (χ4v) is 4.70. The van der Waals surface area contributed by atoms with Crippen LogP contribution in [0.15, 0.2) is 18.5 Å². The van der Waals surface area contributed by atoms with E-state index in [0.29, 0.717) is 6.04 Å². The summed E-state index contributed by atoms with van der Waals surface area (Å²) in [7, 11) is 1.93. The first kappa shape index (κ1) is 15.4. The van der Waals surface area contributed by atoms with Crippen molar-refractivity contribution in [2.24, 2.45) is 7.05 Å². The molecule has 0 bridgehead atoms. The molecule has 24 heavy (non-hydrogen) atoms. The number of carbonyl (C=O) groups is 1. The van der Waals surface area contributed by atoms with Crippen molar-refractivity contribution in [2.75, 3.05) is 13.1 Å². The number of imidazole rings is 1. The minimum absolute atomic E-state index is 0.137. The van der Waals surface area contributed by atoms with Crippen LogP contribution in [0.1, 0.15) is 40.1 Å². The molecule has 1 unspecified atom stereocenters. The predicted molar refractivity (Wildman–Crippen MR) is 94.5 cm³/mol. The highest BCUT2D eigenvalue weighted by Gasteiger charge is 2.27. The lowest BCUT2D eigenvalue weighted by Crippen LogP contribution is -2.40. The first-order chi connectivity index (χ1) is 11.5. The zero-order valence-electron chi connectivity index (χ0n) is 14.2. The van der Waals surface area contributed by atoms with Gasteiger partial charge in [0.15, 0.2) is 0 Å². The highest BCUT2D eigenvalue weighted by molar-refractivity contribution is 7.20. The highest BCUT2D eigenvalue weighted by Crippen LogP contribution is 2.30. The number of carbonyl (C=O) groups excluding carboxylic acids is 1. The first-order valence-electron chi connectivity index (χ1n) is 8.26. The van der Waals surface area contributed by atoms with Crippen LogP contribution >= 0.6 is 11.3 Å². The van der Waals surface area contributed by atoms with Crippen molar-refractivity contribution in [3.8, 4) is 0 Å². The van der Waals surface area contributed by atoms with Gasteiger partial charge in [0.05, 0.1) is 16.6 Å². The lowest BCUT2D eigenvalue weighted by molar-refractivity contribution is 0.0683. The van der Waals surface area contributed by atoms with Crippen LogP contribution in [0.25, 0.3) is 10.2 Å². The molecular weight excluding hydrogens is 322 g/mol. The third-order valence-corrected chi connectivity index (χ3v) is 6.04. The Labute approximate surface area is 144 Å². The van der Waals surface area contributed by atoms with Crippen molar-refractivity contribution in [3.05, 3.63) is 34.9 Å². The molecule has 1 aliphatic heterocycles. The number of likely N-dealkylation sites (tertiary alicyclic amines) is 1. The van der Waals surface area contributed by atoms with E-state index in [0.717, 1.165) is 52.5 Å². The van der Waals surface area contributed by atoms with Crippen molar-refractivity contribution < 1.29 is 4.79 Å². The van der Waals surface area contributed by atoms with Gasteiger partial charge in [0.25, 0.3) is 5.91 Å². The molecule has 3 aromatic rings. The molecule has 1 saturated heterocycles. The van der Waals surface area contributed by atoms with Crippen molar-refractivity contribution in [2.45, 2.75) is 32.7 Å². The summed E-state index contributed by atoms with van der Waals surface area (Å²) in [6.45, 7) is 5.58. The van der Waals surface area contributed by atoms with Gasteiger partial charge in [0, 0.05) is 37.9 Å². The molecule has 0 radical (unpaired) electrons. The summed E-state index contributed by atoms with van der Waals surface area (Å²) in [5.74, 6) is 1.15. The number of thiophene rings is 1. The van der Waals surface area contributed by atoms with Gasteiger partial charge in [-0.15, -0.1) is 11.3 Å². The van der Waals surface area contributed by atoms with Crippen LogP contribution in [0.2, 0.25) is 0 Å². The van der Waals surface area contributed by atoms with Gasteiger partial charge in [-0.05, 0) is 32.8 Å². The maximum absolute atomic E-state index is 13.0. The van der Waals surface area contributed by atoms with Crippen molar-refractivity contribution in [1.82, 2.24) is 24.2 Å². The molecular formula is C17H21N5OS. The summed E-state index contributed by atoms with van der Waals surface area (Å²) in [5.41, 5.74) is 0.980. The predicted octanol–water partition coefficient (Wildman–Crippen LogP) is 2.93. The van der Waals surface area contributed by atoms with Crippen molar-refractivity contribution >= 4 is 27.5 Å². The number of amides is 1. The number of rotatable bonds is 2. The Kier molecular flexibility index (Phi) is 3.68. The van der Waals surface area contributed by atoms with Crippen LogP contribution in [0.3, 0.4) is 0 Å². The van der Waals surface area contributed by atoms with Crippen molar-refractivity contribution in [3.63, 3.8) is 0 Å². The Morgan fingerprint density at radius 1 is 1.38 bits per heavy atom. The Morgan fingerprint density at radius 2 is 2.21 bits per heavy atom. The van der Waals surface area contributed by atoms with Gasteiger partial charge >= 0.3 is 0 Å². The molecule has 7 heteroatoms. The van der Waals surface area contributed by atoms with Gasteiger partial charge in [0.2, 0.25) is 0 Å². The minimum atomic E-state index is 0.137. The maximum Gasteiger partial charge on any atom is 0.264 e. The molecule has 0 aliphatic carbocycles. The molecule has 0 N–H and O–H groups in total. The second-order valence-electron chi connectivity index (χ2n) is 6.47. The van der Waals surface area contributed by atoms with E-state index < -0.39 is 0 Å². The number of piperidine rings is 1. The van der Waals surface area contributed by atoms with E-state index in [1.165, 1.54) is 11.3 Å². The summed E-state index contributed by atoms with van der Waals surface area (Å²) in [5, 5.41) is 5.50. The average Bonchev–Trinajstić information content (AvgIpc) is 3.25. The van der Waals surface area contributed by atoms with E-state index in [9.17, 15) is 4.79 Å². The lowest BCUT2D eigenvalue weighted by atomic mass is 10.1. The third-order valence-electron chi connectivity index (χ3n) is 4.85. The normalized spacial score (nSPS) is 18.5. The van der Waals surface area contributed by atoms with Gasteiger partial charge in [0.1, 0.15) is 10.7 Å². The topological polar surface area (TPSA) is 56.0 Å². The van der Waals surface area contributed by atoms with E-state index in [1.54, 1.807) is 0 Å². The number of nitrogens with zero attached hydrogens (tertiary/aromatic N) is 5. The zero-order valence-corrected chi connectivity index (χ0v) is 15.0. The number of hydrogen-bond donors (Lipinski definition) is 0. The van der Waals surface area contributed by atoms with Crippen molar-refractivity contribution in [1.29, 1.82) is 0 Å². The van der Waals surface area contributed by atoms with E-state index in [-0.39, 0.29) is 5.91 Å². The van der Waals surface area contributed by atoms with E-state index in [2.05, 4.69) is 14.6 Å². The Balaban J connectivity index is 1.59. The minimum Gasteiger partial charge on any atom is -0.336 e. The highest BCUT2D eigenvalue weighted by atomic mass is 32.1. The Morgan fingerprint density at radius 3 is 2.92 bits per heavy atom. The number of hydrogen-bond acceptors (Lipinski definition) is 4. The van der Waals surface area contributed by atoms with Crippen LogP contribution in [0.5, 0.6) is 0 Å². The summed E-state index contributed by atoms with van der Waals surface area (Å²) >= 11 is 1.54. The van der Waals surface area contributed by atoms with Gasteiger partial charge in [-0.1, -0.05) is 0 Å². The van der Waals surface area contributed by atoms with Crippen LogP contribution in [0.4, 0.5) is 0 Å². The summed E-state index contributed by atoms with van der Waals surface area (Å²) < 4.78 is 4.05. The molecule has 1 fully saturated rings. The maximum atomic E-state index is 13.0. The first-order valence-corrected chi connectivity index (χ1v) is 9.08. The summed E-state index contributed by atoms with van der Waals surface area (Å²) in [6, 6.07) is 2.32. The molecule has 0 aromatic carbocycles. The number of aromatic nitrogens is 4. The van der Waals surface area contributed by atoms with Gasteiger partial charge < -0.3 is 9.47 Å². The molecule has 6 nitrogen and oxygen atoms in total. The zero-order chi connectivity index (χ0) is 16.8. The van der Waals surface area contributed by atoms with E-state index >= 15 is 0 Å². The largest absolute Gasteiger partial charge is 0.336 e. The molecule has 4 rings (SSSR count). The van der Waals surface area contributed by atoms with E-state index in [1.807, 2.05) is 48.9 Å². The third kappa shape index (κ3) is 2.43. The molecule has 1 aliphatic rings. The molecule has 1 amide bonds. The van der Waals surface area contributed by atoms with Gasteiger partial charge in [-0.25, -0.2) is 4.98 Å². The molecule has 4 heterocycles. The van der Waals surface area contributed by atoms with Crippen LogP contribution in [-0.2, 0) is 7.05 Å². The quantitative estimate of drug-likeness (QED) is 0.719.